The second kappa shape index (κ2) is 5.01. The van der Waals surface area contributed by atoms with Crippen LogP contribution in [0.2, 0.25) is 0 Å². The van der Waals surface area contributed by atoms with E-state index >= 15 is 0 Å². The fourth-order valence-corrected chi connectivity index (χ4v) is 1.24. The van der Waals surface area contributed by atoms with Gasteiger partial charge in [0, 0.05) is 6.07 Å². The molecule has 0 spiro atoms. The topological polar surface area (TPSA) is 38.3 Å². The van der Waals surface area contributed by atoms with E-state index in [1.165, 1.54) is 0 Å². The quantitative estimate of drug-likeness (QED) is 0.863. The van der Waals surface area contributed by atoms with Crippen LogP contribution in [0.15, 0.2) is 16.6 Å². The minimum atomic E-state index is -3.09. The van der Waals surface area contributed by atoms with Crippen LogP contribution in [-0.4, -0.2) is 13.0 Å². The smallest absolute Gasteiger partial charge is 0.387 e. The largest absolute Gasteiger partial charge is 0.432 e. The molecule has 0 aromatic heterocycles. The van der Waals surface area contributed by atoms with Crippen molar-refractivity contribution in [1.82, 2.24) is 0 Å². The molecular weight excluding hydrogens is 279 g/mol. The number of halogens is 4. The Balaban J connectivity index is 3.09. The highest BCUT2D eigenvalue weighted by atomic mass is 79.9. The van der Waals surface area contributed by atoms with Gasteiger partial charge >= 0.3 is 6.61 Å². The van der Waals surface area contributed by atoms with Crippen molar-refractivity contribution in [3.63, 3.8) is 0 Å². The molecule has 0 aliphatic carbocycles. The molecule has 1 amide bonds. The normalized spacial score (nSPS) is 10.2. The maximum Gasteiger partial charge on any atom is 0.387 e. The molecule has 0 aliphatic heterocycles. The summed E-state index contributed by atoms with van der Waals surface area (Å²) in [5, 5.41) is 2.11. The summed E-state index contributed by atoms with van der Waals surface area (Å²) >= 11 is 2.84. The van der Waals surface area contributed by atoms with Crippen LogP contribution in [-0.2, 0) is 4.79 Å². The minimum Gasteiger partial charge on any atom is -0.432 e. The summed E-state index contributed by atoms with van der Waals surface area (Å²) in [5.74, 6) is -1.19. The summed E-state index contributed by atoms with van der Waals surface area (Å²) in [7, 11) is 0. The number of benzene rings is 1. The molecule has 0 saturated carbocycles. The van der Waals surface area contributed by atoms with Gasteiger partial charge in [0.15, 0.2) is 5.75 Å². The number of rotatable bonds is 4. The van der Waals surface area contributed by atoms with Crippen molar-refractivity contribution in [2.75, 3.05) is 5.32 Å². The minimum absolute atomic E-state index is 0.0356. The molecule has 1 N–H and O–H groups in total. The van der Waals surface area contributed by atoms with Crippen LogP contribution in [0, 0.1) is 5.82 Å². The van der Waals surface area contributed by atoms with Crippen molar-refractivity contribution in [3.8, 4) is 5.75 Å². The number of carbonyl (C=O) groups excluding carboxylic acids is 1. The van der Waals surface area contributed by atoms with E-state index in [9.17, 15) is 18.0 Å². The van der Waals surface area contributed by atoms with Crippen molar-refractivity contribution < 1.29 is 22.7 Å². The lowest BCUT2D eigenvalue weighted by atomic mass is 10.3. The first kappa shape index (κ1) is 11.8. The fraction of sp³-hybridized carbons (Fsp3) is 0.125. The third-order valence-electron chi connectivity index (χ3n) is 1.45. The van der Waals surface area contributed by atoms with E-state index in [4.69, 9.17) is 0 Å². The van der Waals surface area contributed by atoms with Crippen LogP contribution in [0.25, 0.3) is 0 Å². The maximum absolute atomic E-state index is 13.0. The molecule has 82 valence electrons. The van der Waals surface area contributed by atoms with E-state index in [-0.39, 0.29) is 16.6 Å². The molecule has 0 fully saturated rings. The molecule has 1 rings (SSSR count). The summed E-state index contributed by atoms with van der Waals surface area (Å²) in [4.78, 5) is 10.1. The van der Waals surface area contributed by atoms with E-state index in [1.807, 2.05) is 0 Å². The average Bonchev–Trinajstić information content (AvgIpc) is 2.13. The van der Waals surface area contributed by atoms with Crippen molar-refractivity contribution in [2.45, 2.75) is 6.61 Å². The highest BCUT2D eigenvalue weighted by molar-refractivity contribution is 9.10. The molecule has 0 bridgehead atoms. The van der Waals surface area contributed by atoms with Crippen molar-refractivity contribution in [1.29, 1.82) is 0 Å². The van der Waals surface area contributed by atoms with Gasteiger partial charge in [-0.2, -0.15) is 8.78 Å². The molecule has 7 heteroatoms. The standard InChI is InChI=1S/C8H5BrF3NO2/c9-4-1-6(13-3-14)7(2-5(4)10)15-8(11)12/h1-3,8H,(H,13,14). The van der Waals surface area contributed by atoms with E-state index < -0.39 is 18.2 Å². The number of alkyl halides is 2. The Bertz CT molecular complexity index is 373. The van der Waals surface area contributed by atoms with E-state index in [1.54, 1.807) is 0 Å². The number of nitrogens with one attached hydrogen (secondary N) is 1. The van der Waals surface area contributed by atoms with Gasteiger partial charge in [-0.15, -0.1) is 0 Å². The highest BCUT2D eigenvalue weighted by Gasteiger charge is 2.13. The second-order valence-electron chi connectivity index (χ2n) is 2.40. The molecule has 1 aromatic rings. The Morgan fingerprint density at radius 2 is 2.13 bits per heavy atom. The van der Waals surface area contributed by atoms with Crippen LogP contribution >= 0.6 is 15.9 Å². The van der Waals surface area contributed by atoms with Gasteiger partial charge in [-0.25, -0.2) is 4.39 Å². The number of anilines is 1. The van der Waals surface area contributed by atoms with Crippen LogP contribution in [0.5, 0.6) is 5.75 Å². The molecule has 0 aliphatic rings. The first-order valence-electron chi connectivity index (χ1n) is 3.68. The van der Waals surface area contributed by atoms with Gasteiger partial charge in [0.05, 0.1) is 10.2 Å². The molecule has 1 aromatic carbocycles. The van der Waals surface area contributed by atoms with Gasteiger partial charge in [-0.05, 0) is 22.0 Å². The van der Waals surface area contributed by atoms with E-state index in [0.29, 0.717) is 0 Å². The summed E-state index contributed by atoms with van der Waals surface area (Å²) in [5.41, 5.74) is -0.0430. The lowest BCUT2D eigenvalue weighted by Crippen LogP contribution is -2.06. The Labute approximate surface area is 91.4 Å². The number of carbonyl (C=O) groups is 1. The predicted octanol–water partition coefficient (Wildman–Crippen LogP) is 2.76. The number of ether oxygens (including phenoxy) is 1. The molecule has 15 heavy (non-hydrogen) atoms. The van der Waals surface area contributed by atoms with E-state index in [2.05, 4.69) is 26.0 Å². The first-order chi connectivity index (χ1) is 7.04. The van der Waals surface area contributed by atoms with Gasteiger partial charge in [-0.1, -0.05) is 0 Å². The van der Waals surface area contributed by atoms with Crippen molar-refractivity contribution in [3.05, 3.63) is 22.4 Å². The number of hydrogen-bond acceptors (Lipinski definition) is 2. The summed E-state index contributed by atoms with van der Waals surface area (Å²) in [6, 6.07) is 1.88. The monoisotopic (exact) mass is 283 g/mol. The average molecular weight is 284 g/mol. The van der Waals surface area contributed by atoms with Gasteiger partial charge in [0.1, 0.15) is 5.82 Å². The maximum atomic E-state index is 13.0. The summed E-state index contributed by atoms with van der Waals surface area (Å²) in [6.45, 7) is -3.09. The molecule has 3 nitrogen and oxygen atoms in total. The van der Waals surface area contributed by atoms with Crippen molar-refractivity contribution >= 4 is 28.0 Å². The molecule has 0 unspecified atom stereocenters. The van der Waals surface area contributed by atoms with Gasteiger partial charge < -0.3 is 10.1 Å². The second-order valence-corrected chi connectivity index (χ2v) is 3.26. The number of amides is 1. The van der Waals surface area contributed by atoms with E-state index in [0.717, 1.165) is 12.1 Å². The molecule has 0 saturated heterocycles. The Kier molecular flexibility index (Phi) is 3.96. The van der Waals surface area contributed by atoms with Gasteiger partial charge in [0.2, 0.25) is 6.41 Å². The zero-order valence-electron chi connectivity index (χ0n) is 7.14. The van der Waals surface area contributed by atoms with Crippen molar-refractivity contribution in [2.24, 2.45) is 0 Å². The van der Waals surface area contributed by atoms with Crippen LogP contribution < -0.4 is 10.1 Å². The van der Waals surface area contributed by atoms with Crippen LogP contribution in [0.4, 0.5) is 18.9 Å². The third-order valence-corrected chi connectivity index (χ3v) is 2.06. The first-order valence-corrected chi connectivity index (χ1v) is 4.48. The summed E-state index contributed by atoms with van der Waals surface area (Å²) in [6.07, 6.45) is 0.276. The lowest BCUT2D eigenvalue weighted by Gasteiger charge is -2.10. The van der Waals surface area contributed by atoms with Gasteiger partial charge in [0.25, 0.3) is 0 Å². The SMILES string of the molecule is O=CNc1cc(Br)c(F)cc1OC(F)F. The fourth-order valence-electron chi connectivity index (χ4n) is 0.898. The molecule has 0 atom stereocenters. The highest BCUT2D eigenvalue weighted by Crippen LogP contribution is 2.31. The Morgan fingerprint density at radius 3 is 2.67 bits per heavy atom. The van der Waals surface area contributed by atoms with Crippen LogP contribution in [0.3, 0.4) is 0 Å². The zero-order valence-corrected chi connectivity index (χ0v) is 8.72. The molecular formula is C8H5BrF3NO2. The molecule has 0 radical (unpaired) electrons. The number of hydrogen-bond donors (Lipinski definition) is 1. The third kappa shape index (κ3) is 3.12. The van der Waals surface area contributed by atoms with Crippen LogP contribution in [0.1, 0.15) is 0 Å². The Morgan fingerprint density at radius 1 is 1.47 bits per heavy atom. The predicted molar refractivity (Wildman–Crippen MR) is 50.4 cm³/mol. The Hall–Kier alpha value is -1.24. The zero-order chi connectivity index (χ0) is 11.4. The van der Waals surface area contributed by atoms with Gasteiger partial charge in [-0.3, -0.25) is 4.79 Å². The summed E-state index contributed by atoms with van der Waals surface area (Å²) < 4.78 is 40.8. The molecule has 0 heterocycles. The lowest BCUT2D eigenvalue weighted by molar-refractivity contribution is -0.105.